The lowest BCUT2D eigenvalue weighted by Gasteiger charge is -2.31. The Morgan fingerprint density at radius 1 is 1.10 bits per heavy atom. The summed E-state index contributed by atoms with van der Waals surface area (Å²) in [6, 6.07) is 5.44. The molecule has 0 spiro atoms. The summed E-state index contributed by atoms with van der Waals surface area (Å²) in [5.41, 5.74) is 5.71. The van der Waals surface area contributed by atoms with Gasteiger partial charge in [-0.25, -0.2) is 14.4 Å². The van der Waals surface area contributed by atoms with Gasteiger partial charge in [-0.15, -0.1) is 0 Å². The monoisotopic (exact) mass is 414 g/mol. The summed E-state index contributed by atoms with van der Waals surface area (Å²) in [6.45, 7) is 1.29. The minimum absolute atomic E-state index is 0.000920. The highest BCUT2D eigenvalue weighted by atomic mass is 19.1. The van der Waals surface area contributed by atoms with Gasteiger partial charge < -0.3 is 20.7 Å². The van der Waals surface area contributed by atoms with E-state index in [9.17, 15) is 9.18 Å². The summed E-state index contributed by atoms with van der Waals surface area (Å²) in [4.78, 5) is 26.7. The lowest BCUT2D eigenvalue weighted by Crippen LogP contribution is -2.36. The first-order valence-corrected chi connectivity index (χ1v) is 10.5. The molecule has 9 heteroatoms. The van der Waals surface area contributed by atoms with Gasteiger partial charge in [0.2, 0.25) is 11.8 Å². The van der Waals surface area contributed by atoms with E-state index in [0.29, 0.717) is 43.3 Å². The van der Waals surface area contributed by atoms with Crippen LogP contribution in [0.1, 0.15) is 48.9 Å². The van der Waals surface area contributed by atoms with Crippen LogP contribution in [0.15, 0.2) is 30.6 Å². The highest BCUT2D eigenvalue weighted by molar-refractivity contribution is 5.94. The van der Waals surface area contributed by atoms with E-state index < -0.39 is 12.1 Å². The molecule has 3 heterocycles. The maximum absolute atomic E-state index is 13.4. The molecule has 30 heavy (non-hydrogen) atoms. The number of rotatable bonds is 6. The normalized spacial score (nSPS) is 22.5. The number of alkyl halides is 1. The third-order valence-electron chi connectivity index (χ3n) is 5.69. The minimum Gasteiger partial charge on any atom is -0.474 e. The molecular weight excluding hydrogens is 387 g/mol. The number of hydrogen-bond donors (Lipinski definition) is 2. The number of anilines is 2. The Balaban J connectivity index is 1.30. The van der Waals surface area contributed by atoms with Crippen molar-refractivity contribution >= 4 is 17.7 Å². The fourth-order valence-electron chi connectivity index (χ4n) is 3.99. The topological polar surface area (TPSA) is 106 Å². The molecular formula is C21H27FN6O2. The van der Waals surface area contributed by atoms with Crippen LogP contribution < -0.4 is 20.7 Å². The molecule has 0 unspecified atom stereocenters. The number of nitrogens with zero attached hydrogens (tertiary/aromatic N) is 4. The van der Waals surface area contributed by atoms with E-state index >= 15 is 0 Å². The Morgan fingerprint density at radius 2 is 1.87 bits per heavy atom. The third kappa shape index (κ3) is 4.95. The largest absolute Gasteiger partial charge is 0.474 e. The van der Waals surface area contributed by atoms with Crippen LogP contribution in [0.4, 0.5) is 16.2 Å². The number of aromatic nitrogens is 3. The lowest BCUT2D eigenvalue weighted by molar-refractivity contribution is 0.0983. The van der Waals surface area contributed by atoms with Gasteiger partial charge in [0.15, 0.2) is 0 Å². The molecule has 2 aromatic rings. The molecule has 0 radical (unpaired) electrons. The number of hydrogen-bond acceptors (Lipinski definition) is 7. The predicted molar refractivity (Wildman–Crippen MR) is 111 cm³/mol. The van der Waals surface area contributed by atoms with E-state index in [1.165, 1.54) is 0 Å². The van der Waals surface area contributed by atoms with Gasteiger partial charge in [-0.05, 0) is 56.7 Å². The number of ether oxygens (including phenoxy) is 1. The average Bonchev–Trinajstić information content (AvgIpc) is 2.76. The standard InChI is InChI=1S/C21H27FN6O2/c22-14-8-12-28(13-9-14)21-25-11-7-18(27-21)26-15-3-5-16(6-4-15)30-20-17(19(23)29)2-1-10-24-20/h1-2,7,10-11,14-16H,3-6,8-9,12-13H2,(H2,23,29)(H,25,26,27)/t15-,16-. The second-order valence-corrected chi connectivity index (χ2v) is 7.86. The van der Waals surface area contributed by atoms with Crippen molar-refractivity contribution < 1.29 is 13.9 Å². The molecule has 0 aromatic carbocycles. The van der Waals surface area contributed by atoms with Crippen molar-refractivity contribution in [3.63, 3.8) is 0 Å². The zero-order chi connectivity index (χ0) is 20.9. The molecule has 2 aliphatic rings. The zero-order valence-electron chi connectivity index (χ0n) is 16.8. The quantitative estimate of drug-likeness (QED) is 0.748. The van der Waals surface area contributed by atoms with Crippen molar-refractivity contribution in [2.45, 2.75) is 56.8 Å². The van der Waals surface area contributed by atoms with Crippen molar-refractivity contribution in [1.82, 2.24) is 15.0 Å². The summed E-state index contributed by atoms with van der Waals surface area (Å²) < 4.78 is 19.3. The van der Waals surface area contributed by atoms with E-state index in [1.807, 2.05) is 11.0 Å². The van der Waals surface area contributed by atoms with E-state index in [0.717, 1.165) is 31.5 Å². The smallest absolute Gasteiger partial charge is 0.254 e. The van der Waals surface area contributed by atoms with Gasteiger partial charge >= 0.3 is 0 Å². The van der Waals surface area contributed by atoms with Gasteiger partial charge in [-0.2, -0.15) is 4.98 Å². The first-order chi connectivity index (χ1) is 14.6. The maximum atomic E-state index is 13.4. The number of nitrogens with two attached hydrogens (primary N) is 1. The zero-order valence-corrected chi connectivity index (χ0v) is 16.8. The maximum Gasteiger partial charge on any atom is 0.254 e. The van der Waals surface area contributed by atoms with Crippen LogP contribution in [0, 0.1) is 0 Å². The molecule has 1 saturated carbocycles. The van der Waals surface area contributed by atoms with Crippen LogP contribution in [0.5, 0.6) is 5.88 Å². The van der Waals surface area contributed by atoms with E-state index in [-0.39, 0.29) is 12.1 Å². The summed E-state index contributed by atoms with van der Waals surface area (Å²) in [5.74, 6) is 1.20. The number of nitrogens with one attached hydrogen (secondary N) is 1. The molecule has 2 aromatic heterocycles. The summed E-state index contributed by atoms with van der Waals surface area (Å²) in [5, 5.41) is 3.49. The molecule has 0 bridgehead atoms. The van der Waals surface area contributed by atoms with Crippen LogP contribution in [-0.4, -0.2) is 52.3 Å². The molecule has 4 rings (SSSR count). The van der Waals surface area contributed by atoms with Gasteiger partial charge in [0.25, 0.3) is 5.91 Å². The highest BCUT2D eigenvalue weighted by Crippen LogP contribution is 2.27. The van der Waals surface area contributed by atoms with Crippen molar-refractivity contribution in [2.24, 2.45) is 5.73 Å². The molecule has 8 nitrogen and oxygen atoms in total. The van der Waals surface area contributed by atoms with E-state index in [4.69, 9.17) is 10.5 Å². The fourth-order valence-corrected chi connectivity index (χ4v) is 3.99. The first-order valence-electron chi connectivity index (χ1n) is 10.5. The van der Waals surface area contributed by atoms with Gasteiger partial charge in [-0.3, -0.25) is 4.79 Å². The summed E-state index contributed by atoms with van der Waals surface area (Å²) in [6.07, 6.45) is 7.18. The second kappa shape index (κ2) is 9.23. The van der Waals surface area contributed by atoms with Gasteiger partial charge in [0.1, 0.15) is 23.7 Å². The lowest BCUT2D eigenvalue weighted by atomic mass is 9.93. The number of amides is 1. The third-order valence-corrected chi connectivity index (χ3v) is 5.69. The number of carbonyl (C=O) groups is 1. The Labute approximate surface area is 175 Å². The Hall–Kier alpha value is -2.97. The van der Waals surface area contributed by atoms with Gasteiger partial charge in [0, 0.05) is 31.5 Å². The molecule has 1 aliphatic heterocycles. The number of halogens is 1. The van der Waals surface area contributed by atoms with Crippen LogP contribution >= 0.6 is 0 Å². The molecule has 1 aliphatic carbocycles. The van der Waals surface area contributed by atoms with Crippen LogP contribution in [0.3, 0.4) is 0 Å². The average molecular weight is 414 g/mol. The molecule has 160 valence electrons. The van der Waals surface area contributed by atoms with Crippen molar-refractivity contribution in [1.29, 1.82) is 0 Å². The SMILES string of the molecule is NC(=O)c1cccnc1O[C@H]1CC[C@H](Nc2ccnc(N3CCC(F)CC3)n2)CC1. The number of pyridine rings is 1. The molecule has 0 atom stereocenters. The van der Waals surface area contributed by atoms with Crippen molar-refractivity contribution in [3.8, 4) is 5.88 Å². The molecule has 1 saturated heterocycles. The Kier molecular flexibility index (Phi) is 6.25. The number of primary amides is 1. The van der Waals surface area contributed by atoms with Crippen LogP contribution in [0.2, 0.25) is 0 Å². The predicted octanol–water partition coefficient (Wildman–Crippen LogP) is 2.71. The summed E-state index contributed by atoms with van der Waals surface area (Å²) in [7, 11) is 0. The fraction of sp³-hybridized carbons (Fsp3) is 0.524. The molecule has 3 N–H and O–H groups in total. The Morgan fingerprint density at radius 3 is 2.60 bits per heavy atom. The van der Waals surface area contributed by atoms with Gasteiger partial charge in [0.05, 0.1) is 0 Å². The Bertz CT molecular complexity index is 866. The van der Waals surface area contributed by atoms with E-state index in [2.05, 4.69) is 20.3 Å². The summed E-state index contributed by atoms with van der Waals surface area (Å²) >= 11 is 0. The molecule has 2 fully saturated rings. The van der Waals surface area contributed by atoms with Crippen LogP contribution in [0.25, 0.3) is 0 Å². The minimum atomic E-state index is -0.718. The van der Waals surface area contributed by atoms with Crippen molar-refractivity contribution in [2.75, 3.05) is 23.3 Å². The van der Waals surface area contributed by atoms with E-state index in [1.54, 1.807) is 24.5 Å². The molecule has 1 amide bonds. The first kappa shape index (κ1) is 20.3. The second-order valence-electron chi connectivity index (χ2n) is 7.86. The highest BCUT2D eigenvalue weighted by Gasteiger charge is 2.25. The van der Waals surface area contributed by atoms with Crippen molar-refractivity contribution in [3.05, 3.63) is 36.2 Å². The van der Waals surface area contributed by atoms with Gasteiger partial charge in [-0.1, -0.05) is 0 Å². The number of carbonyl (C=O) groups excluding carboxylic acids is 1. The van der Waals surface area contributed by atoms with Crippen LogP contribution in [-0.2, 0) is 0 Å². The number of piperidine rings is 1.